The number of ether oxygens (including phenoxy) is 1. The number of aromatic nitrogens is 2. The van der Waals surface area contributed by atoms with Gasteiger partial charge in [0.1, 0.15) is 5.75 Å². The number of aryl methyl sites for hydroxylation is 1. The molecule has 4 rings (SSSR count). The fraction of sp³-hybridized carbons (Fsp3) is 0.364. The minimum absolute atomic E-state index is 0.0262. The molecule has 0 atom stereocenters. The van der Waals surface area contributed by atoms with Crippen LogP contribution in [0.4, 0.5) is 5.69 Å². The number of imidazole rings is 1. The van der Waals surface area contributed by atoms with Crippen molar-refractivity contribution in [1.29, 1.82) is 0 Å². The van der Waals surface area contributed by atoms with Crippen LogP contribution in [0.2, 0.25) is 0 Å². The summed E-state index contributed by atoms with van der Waals surface area (Å²) in [5.41, 5.74) is 3.31. The number of hydrogen-bond acceptors (Lipinski definition) is 4. The second-order valence-corrected chi connectivity index (χ2v) is 8.13. The number of nitrogens with zero attached hydrogens (tertiary/aromatic N) is 1. The lowest BCUT2D eigenvalue weighted by molar-refractivity contribution is -0.121. The van der Waals surface area contributed by atoms with Crippen molar-refractivity contribution in [3.63, 3.8) is 0 Å². The zero-order valence-corrected chi connectivity index (χ0v) is 17.5. The predicted molar refractivity (Wildman–Crippen MR) is 117 cm³/mol. The van der Waals surface area contributed by atoms with Crippen LogP contribution < -0.4 is 15.7 Å². The van der Waals surface area contributed by atoms with Gasteiger partial charge in [0.15, 0.2) is 0 Å². The fourth-order valence-electron chi connectivity index (χ4n) is 4.23. The summed E-state index contributed by atoms with van der Waals surface area (Å²) in [6.07, 6.45) is 3.08. The van der Waals surface area contributed by atoms with Crippen LogP contribution in [-0.2, 0) is 4.79 Å². The molecule has 0 bridgehead atoms. The van der Waals surface area contributed by atoms with E-state index in [0.29, 0.717) is 0 Å². The highest BCUT2D eigenvalue weighted by Gasteiger charge is 2.29. The molecule has 1 aliphatic rings. The maximum atomic E-state index is 12.7. The molecular formula is C22H25N3O3S. The molecule has 1 amide bonds. The van der Waals surface area contributed by atoms with Gasteiger partial charge in [0, 0.05) is 28.6 Å². The maximum Gasteiger partial charge on any atom is 0.326 e. The Balaban J connectivity index is 1.45. The quantitative estimate of drug-likeness (QED) is 0.560. The number of thiol groups is 1. The van der Waals surface area contributed by atoms with Crippen molar-refractivity contribution in [2.75, 3.05) is 12.4 Å². The first kappa shape index (κ1) is 19.6. The summed E-state index contributed by atoms with van der Waals surface area (Å²) < 4.78 is 7.16. The fourth-order valence-corrected chi connectivity index (χ4v) is 4.49. The standard InChI is InChI=1S/C22H25N3O3S/c1-13-6-9-15(12-18(13)28-2)23-21(26)14-7-10-16(11-8-14)25-17-4-3-5-19(29)20(17)24-22(25)27/h3-6,9,12,14,16,29H,7-8,10-11H2,1-2H3,(H,23,26)(H,24,27)/t14-,16+. The number of H-pyrrole nitrogens is 1. The number of nitrogens with one attached hydrogen (secondary N) is 2. The molecule has 3 aromatic rings. The summed E-state index contributed by atoms with van der Waals surface area (Å²) in [7, 11) is 1.62. The minimum Gasteiger partial charge on any atom is -0.496 e. The van der Waals surface area contributed by atoms with E-state index < -0.39 is 0 Å². The molecule has 29 heavy (non-hydrogen) atoms. The third-order valence-corrected chi connectivity index (χ3v) is 6.21. The zero-order chi connectivity index (χ0) is 20.5. The van der Waals surface area contributed by atoms with Gasteiger partial charge in [-0.05, 0) is 56.4 Å². The van der Waals surface area contributed by atoms with Crippen LogP contribution in [0.15, 0.2) is 46.1 Å². The van der Waals surface area contributed by atoms with Gasteiger partial charge in [-0.15, -0.1) is 12.6 Å². The number of aromatic amines is 1. The van der Waals surface area contributed by atoms with Gasteiger partial charge in [-0.1, -0.05) is 12.1 Å². The first-order valence-corrected chi connectivity index (χ1v) is 10.3. The molecule has 0 radical (unpaired) electrons. The van der Waals surface area contributed by atoms with E-state index >= 15 is 0 Å². The van der Waals surface area contributed by atoms with Crippen LogP contribution in [0.1, 0.15) is 37.3 Å². The van der Waals surface area contributed by atoms with E-state index in [0.717, 1.165) is 58.6 Å². The molecule has 1 heterocycles. The molecule has 2 N–H and O–H groups in total. The van der Waals surface area contributed by atoms with Crippen molar-refractivity contribution >= 4 is 35.3 Å². The van der Waals surface area contributed by atoms with Gasteiger partial charge in [0.25, 0.3) is 0 Å². The van der Waals surface area contributed by atoms with Gasteiger partial charge >= 0.3 is 5.69 Å². The van der Waals surface area contributed by atoms with Crippen LogP contribution in [-0.4, -0.2) is 22.6 Å². The average molecular weight is 412 g/mol. The van der Waals surface area contributed by atoms with E-state index in [1.165, 1.54) is 0 Å². The molecule has 0 spiro atoms. The van der Waals surface area contributed by atoms with Crippen LogP contribution in [0.25, 0.3) is 11.0 Å². The monoisotopic (exact) mass is 411 g/mol. The van der Waals surface area contributed by atoms with Gasteiger partial charge < -0.3 is 15.0 Å². The van der Waals surface area contributed by atoms with E-state index in [1.807, 2.05) is 47.9 Å². The van der Waals surface area contributed by atoms with Crippen LogP contribution >= 0.6 is 12.6 Å². The number of hydrogen-bond donors (Lipinski definition) is 3. The van der Waals surface area contributed by atoms with Gasteiger partial charge in [0.05, 0.1) is 18.1 Å². The minimum atomic E-state index is -0.110. The Labute approximate surface area is 174 Å². The summed E-state index contributed by atoms with van der Waals surface area (Å²) >= 11 is 4.44. The number of carbonyl (C=O) groups is 1. The van der Waals surface area contributed by atoms with Crippen molar-refractivity contribution in [1.82, 2.24) is 9.55 Å². The van der Waals surface area contributed by atoms with Crippen LogP contribution in [0, 0.1) is 12.8 Å². The molecule has 0 saturated heterocycles. The normalized spacial score (nSPS) is 19.3. The maximum absolute atomic E-state index is 12.7. The first-order chi connectivity index (χ1) is 14.0. The van der Waals surface area contributed by atoms with Crippen molar-refractivity contribution in [2.24, 2.45) is 5.92 Å². The van der Waals surface area contributed by atoms with Gasteiger partial charge in [-0.2, -0.15) is 0 Å². The molecular weight excluding hydrogens is 386 g/mol. The predicted octanol–water partition coefficient (Wildman–Crippen LogP) is 4.31. The molecule has 1 saturated carbocycles. The Kier molecular flexibility index (Phi) is 5.41. The Morgan fingerprint density at radius 1 is 1.21 bits per heavy atom. The summed E-state index contributed by atoms with van der Waals surface area (Å²) in [6.45, 7) is 1.97. The molecule has 0 unspecified atom stereocenters. The number of fused-ring (bicyclic) bond motifs is 1. The van der Waals surface area contributed by atoms with E-state index in [1.54, 1.807) is 7.11 Å². The van der Waals surface area contributed by atoms with Gasteiger partial charge in [0.2, 0.25) is 5.91 Å². The molecule has 152 valence electrons. The topological polar surface area (TPSA) is 76.1 Å². The van der Waals surface area contributed by atoms with Crippen molar-refractivity contribution < 1.29 is 9.53 Å². The molecule has 1 fully saturated rings. The Morgan fingerprint density at radius 2 is 1.97 bits per heavy atom. The number of benzene rings is 2. The second kappa shape index (κ2) is 7.99. The number of carbonyl (C=O) groups excluding carboxylic acids is 1. The van der Waals surface area contributed by atoms with E-state index in [2.05, 4.69) is 22.9 Å². The van der Waals surface area contributed by atoms with Crippen molar-refractivity contribution in [3.8, 4) is 5.75 Å². The first-order valence-electron chi connectivity index (χ1n) is 9.85. The third-order valence-electron chi connectivity index (χ3n) is 5.84. The summed E-state index contributed by atoms with van der Waals surface area (Å²) in [5, 5.41) is 3.01. The third kappa shape index (κ3) is 3.79. The lowest BCUT2D eigenvalue weighted by Crippen LogP contribution is -2.31. The van der Waals surface area contributed by atoms with Crippen LogP contribution in [0.5, 0.6) is 5.75 Å². The Bertz CT molecular complexity index is 1110. The van der Waals surface area contributed by atoms with E-state index in [4.69, 9.17) is 4.74 Å². The molecule has 6 nitrogen and oxygen atoms in total. The summed E-state index contributed by atoms with van der Waals surface area (Å²) in [5.74, 6) is 0.729. The summed E-state index contributed by atoms with van der Waals surface area (Å²) in [4.78, 5) is 28.9. The number of anilines is 1. The molecule has 7 heteroatoms. The van der Waals surface area contributed by atoms with Crippen LogP contribution in [0.3, 0.4) is 0 Å². The van der Waals surface area contributed by atoms with E-state index in [9.17, 15) is 9.59 Å². The molecule has 1 aromatic heterocycles. The highest BCUT2D eigenvalue weighted by Crippen LogP contribution is 2.34. The van der Waals surface area contributed by atoms with Crippen molar-refractivity contribution in [2.45, 2.75) is 43.5 Å². The number of para-hydroxylation sites is 1. The second-order valence-electron chi connectivity index (χ2n) is 7.65. The smallest absolute Gasteiger partial charge is 0.326 e. The lowest BCUT2D eigenvalue weighted by atomic mass is 9.85. The Morgan fingerprint density at radius 3 is 2.69 bits per heavy atom. The SMILES string of the molecule is COc1cc(NC(=O)[C@H]2CC[C@@H](n3c(=O)[nH]c4c(S)cccc43)CC2)ccc1C. The zero-order valence-electron chi connectivity index (χ0n) is 16.6. The summed E-state index contributed by atoms with van der Waals surface area (Å²) in [6, 6.07) is 11.5. The number of amides is 1. The Hall–Kier alpha value is -2.67. The molecule has 1 aliphatic carbocycles. The average Bonchev–Trinajstić information content (AvgIpc) is 3.07. The number of rotatable bonds is 4. The van der Waals surface area contributed by atoms with Gasteiger partial charge in [-0.25, -0.2) is 4.79 Å². The van der Waals surface area contributed by atoms with Crippen molar-refractivity contribution in [3.05, 3.63) is 52.4 Å². The highest BCUT2D eigenvalue weighted by molar-refractivity contribution is 7.80. The highest BCUT2D eigenvalue weighted by atomic mass is 32.1. The molecule has 2 aromatic carbocycles. The molecule has 0 aliphatic heterocycles. The van der Waals surface area contributed by atoms with E-state index in [-0.39, 0.29) is 23.6 Å². The largest absolute Gasteiger partial charge is 0.496 e. The lowest BCUT2D eigenvalue weighted by Gasteiger charge is -2.28. The number of methoxy groups -OCH3 is 1. The van der Waals surface area contributed by atoms with Gasteiger partial charge in [-0.3, -0.25) is 9.36 Å².